The molecule has 0 aliphatic carbocycles. The number of amides is 1. The van der Waals surface area contributed by atoms with Crippen LogP contribution < -0.4 is 5.32 Å². The van der Waals surface area contributed by atoms with E-state index in [1.807, 2.05) is 49.4 Å². The minimum absolute atomic E-state index is 0.0387. The number of anilines is 1. The van der Waals surface area contributed by atoms with E-state index in [9.17, 15) is 9.90 Å². The van der Waals surface area contributed by atoms with Crippen LogP contribution in [-0.4, -0.2) is 41.2 Å². The number of carbonyl (C=O) groups excluding carboxylic acids is 1. The Morgan fingerprint density at radius 1 is 1.15 bits per heavy atom. The monoisotopic (exact) mass is 368 g/mol. The van der Waals surface area contributed by atoms with Gasteiger partial charge in [-0.3, -0.25) is 9.69 Å². The molecule has 5 heteroatoms. The average molecular weight is 368 g/mol. The lowest BCUT2D eigenvalue weighted by molar-refractivity contribution is -0.0704. The molecule has 1 aliphatic rings. The van der Waals surface area contributed by atoms with E-state index in [0.29, 0.717) is 5.56 Å². The lowest BCUT2D eigenvalue weighted by Crippen LogP contribution is -2.44. The molecule has 2 N–H and O–H groups in total. The fourth-order valence-corrected chi connectivity index (χ4v) is 3.62. The van der Waals surface area contributed by atoms with Crippen LogP contribution in [0, 0.1) is 6.92 Å². The first-order valence-electron chi connectivity index (χ1n) is 9.43. The van der Waals surface area contributed by atoms with Crippen molar-refractivity contribution in [2.45, 2.75) is 46.1 Å². The first kappa shape index (κ1) is 19.5. The van der Waals surface area contributed by atoms with Gasteiger partial charge in [0.25, 0.3) is 5.91 Å². The Balaban J connectivity index is 1.64. The minimum Gasteiger partial charge on any atom is -0.392 e. The number of nitrogens with zero attached hydrogens (tertiary/aromatic N) is 1. The molecule has 5 nitrogen and oxygen atoms in total. The second-order valence-electron chi connectivity index (χ2n) is 7.35. The Bertz CT molecular complexity index is 779. The van der Waals surface area contributed by atoms with Crippen molar-refractivity contribution in [3.05, 3.63) is 64.7 Å². The van der Waals surface area contributed by atoms with Crippen molar-refractivity contribution in [1.82, 2.24) is 4.90 Å². The molecule has 2 aromatic rings. The average Bonchev–Trinajstić information content (AvgIpc) is 2.63. The summed E-state index contributed by atoms with van der Waals surface area (Å²) in [5, 5.41) is 12.3. The molecule has 1 aliphatic heterocycles. The van der Waals surface area contributed by atoms with Gasteiger partial charge < -0.3 is 15.2 Å². The molecule has 0 radical (unpaired) electrons. The molecular weight excluding hydrogens is 340 g/mol. The first-order valence-corrected chi connectivity index (χ1v) is 9.43. The zero-order valence-electron chi connectivity index (χ0n) is 16.2. The molecule has 144 valence electrons. The second-order valence-corrected chi connectivity index (χ2v) is 7.35. The lowest BCUT2D eigenvalue weighted by Gasteiger charge is -2.35. The number of rotatable bonds is 5. The highest BCUT2D eigenvalue weighted by molar-refractivity contribution is 6.04. The van der Waals surface area contributed by atoms with Crippen molar-refractivity contribution in [2.24, 2.45) is 0 Å². The molecule has 1 heterocycles. The predicted molar refractivity (Wildman–Crippen MR) is 107 cm³/mol. The molecule has 0 unspecified atom stereocenters. The second kappa shape index (κ2) is 8.65. The molecule has 2 atom stereocenters. The molecule has 3 rings (SSSR count). The van der Waals surface area contributed by atoms with Crippen LogP contribution in [0.15, 0.2) is 42.5 Å². The smallest absolute Gasteiger partial charge is 0.255 e. The van der Waals surface area contributed by atoms with E-state index in [0.717, 1.165) is 36.4 Å². The van der Waals surface area contributed by atoms with Crippen LogP contribution in [0.5, 0.6) is 0 Å². The van der Waals surface area contributed by atoms with Crippen LogP contribution in [0.25, 0.3) is 0 Å². The normalized spacial score (nSPS) is 20.4. The van der Waals surface area contributed by atoms with Gasteiger partial charge in [0.2, 0.25) is 0 Å². The van der Waals surface area contributed by atoms with Crippen LogP contribution in [0.1, 0.15) is 40.9 Å². The summed E-state index contributed by atoms with van der Waals surface area (Å²) in [4.78, 5) is 14.9. The predicted octanol–water partition coefficient (Wildman–Crippen LogP) is 3.35. The zero-order chi connectivity index (χ0) is 19.4. The highest BCUT2D eigenvalue weighted by Gasteiger charge is 2.22. The zero-order valence-corrected chi connectivity index (χ0v) is 16.2. The number of ether oxygens (including phenoxy) is 1. The number of aliphatic hydroxyl groups is 1. The Kier molecular flexibility index (Phi) is 6.26. The largest absolute Gasteiger partial charge is 0.392 e. The highest BCUT2D eigenvalue weighted by atomic mass is 16.5. The van der Waals surface area contributed by atoms with Crippen LogP contribution in [-0.2, 0) is 17.9 Å². The topological polar surface area (TPSA) is 61.8 Å². The van der Waals surface area contributed by atoms with Crippen LogP contribution in [0.4, 0.5) is 5.69 Å². The van der Waals surface area contributed by atoms with Crippen molar-refractivity contribution in [3.8, 4) is 0 Å². The summed E-state index contributed by atoms with van der Waals surface area (Å²) in [6.07, 6.45) is 0.494. The Labute approximate surface area is 161 Å². The molecule has 0 saturated carbocycles. The van der Waals surface area contributed by atoms with Gasteiger partial charge in [-0.05, 0) is 55.7 Å². The van der Waals surface area contributed by atoms with Crippen molar-refractivity contribution in [2.75, 3.05) is 18.4 Å². The third-order valence-corrected chi connectivity index (χ3v) is 4.98. The van der Waals surface area contributed by atoms with Gasteiger partial charge in [0.1, 0.15) is 0 Å². The molecule has 0 bridgehead atoms. The SMILES string of the molecule is Cc1c(CO)cccc1NC(=O)c1ccc(CN2C[C@@H](C)O[C@@H](C)C2)cc1. The maximum Gasteiger partial charge on any atom is 0.255 e. The summed E-state index contributed by atoms with van der Waals surface area (Å²) < 4.78 is 5.78. The fraction of sp³-hybridized carbons (Fsp3) is 0.409. The number of nitrogens with one attached hydrogen (secondary N) is 1. The van der Waals surface area contributed by atoms with E-state index in [-0.39, 0.29) is 24.7 Å². The number of hydrogen-bond donors (Lipinski definition) is 2. The maximum atomic E-state index is 12.6. The standard InChI is InChI=1S/C22H28N2O3/c1-15-11-24(12-16(2)27-15)13-18-7-9-19(10-8-18)22(26)23-21-6-4-5-20(14-25)17(21)3/h4-10,15-16,25H,11-14H2,1-3H3,(H,23,26)/t15-,16+. The van der Waals surface area contributed by atoms with E-state index in [1.54, 1.807) is 0 Å². The number of morpholine rings is 1. The Hall–Kier alpha value is -2.21. The summed E-state index contributed by atoms with van der Waals surface area (Å²) >= 11 is 0. The number of benzene rings is 2. The molecule has 27 heavy (non-hydrogen) atoms. The third-order valence-electron chi connectivity index (χ3n) is 4.98. The van der Waals surface area contributed by atoms with E-state index in [2.05, 4.69) is 24.1 Å². The number of aliphatic hydroxyl groups excluding tert-OH is 1. The van der Waals surface area contributed by atoms with Gasteiger partial charge in [-0.15, -0.1) is 0 Å². The summed E-state index contributed by atoms with van der Waals surface area (Å²) in [6.45, 7) is 8.77. The summed E-state index contributed by atoms with van der Waals surface area (Å²) in [6, 6.07) is 13.3. The number of carbonyl (C=O) groups is 1. The summed E-state index contributed by atoms with van der Waals surface area (Å²) in [5.41, 5.74) is 4.24. The van der Waals surface area contributed by atoms with Crippen LogP contribution >= 0.6 is 0 Å². The van der Waals surface area contributed by atoms with Gasteiger partial charge in [0.15, 0.2) is 0 Å². The molecule has 1 amide bonds. The van der Waals surface area contributed by atoms with E-state index >= 15 is 0 Å². The van der Waals surface area contributed by atoms with E-state index in [1.165, 1.54) is 5.56 Å². The van der Waals surface area contributed by atoms with Gasteiger partial charge >= 0.3 is 0 Å². The highest BCUT2D eigenvalue weighted by Crippen LogP contribution is 2.20. The van der Waals surface area contributed by atoms with Gasteiger partial charge in [-0.1, -0.05) is 24.3 Å². The molecule has 0 aromatic heterocycles. The number of hydrogen-bond acceptors (Lipinski definition) is 4. The van der Waals surface area contributed by atoms with Crippen molar-refractivity contribution in [1.29, 1.82) is 0 Å². The quantitative estimate of drug-likeness (QED) is 0.850. The van der Waals surface area contributed by atoms with Gasteiger partial charge in [-0.2, -0.15) is 0 Å². The third kappa shape index (κ3) is 4.95. The van der Waals surface area contributed by atoms with E-state index in [4.69, 9.17) is 4.74 Å². The molecule has 2 aromatic carbocycles. The molecule has 1 fully saturated rings. The lowest BCUT2D eigenvalue weighted by atomic mass is 10.1. The van der Waals surface area contributed by atoms with E-state index < -0.39 is 0 Å². The molecule has 1 saturated heterocycles. The van der Waals surface area contributed by atoms with Crippen molar-refractivity contribution in [3.63, 3.8) is 0 Å². The van der Waals surface area contributed by atoms with Crippen LogP contribution in [0.3, 0.4) is 0 Å². The Morgan fingerprint density at radius 3 is 2.44 bits per heavy atom. The maximum absolute atomic E-state index is 12.6. The summed E-state index contributed by atoms with van der Waals surface area (Å²) in [5.74, 6) is -0.145. The van der Waals surface area contributed by atoms with Gasteiger partial charge in [0, 0.05) is 30.9 Å². The minimum atomic E-state index is -0.145. The molecule has 0 spiro atoms. The van der Waals surface area contributed by atoms with Crippen molar-refractivity contribution < 1.29 is 14.6 Å². The van der Waals surface area contributed by atoms with Gasteiger partial charge in [-0.25, -0.2) is 0 Å². The Morgan fingerprint density at radius 2 is 1.81 bits per heavy atom. The first-order chi connectivity index (χ1) is 13.0. The van der Waals surface area contributed by atoms with Crippen LogP contribution in [0.2, 0.25) is 0 Å². The molecular formula is C22H28N2O3. The summed E-state index contributed by atoms with van der Waals surface area (Å²) in [7, 11) is 0. The van der Waals surface area contributed by atoms with Gasteiger partial charge in [0.05, 0.1) is 18.8 Å². The fourth-order valence-electron chi connectivity index (χ4n) is 3.62. The van der Waals surface area contributed by atoms with Crippen molar-refractivity contribution >= 4 is 11.6 Å².